The summed E-state index contributed by atoms with van der Waals surface area (Å²) in [5.41, 5.74) is 5.59. The fraction of sp³-hybridized carbons (Fsp3) is 0.261. The number of hydrogen-bond acceptors (Lipinski definition) is 4. The molecule has 0 aliphatic rings. The molecule has 0 atom stereocenters. The van der Waals surface area contributed by atoms with Crippen molar-refractivity contribution in [2.75, 3.05) is 11.9 Å². The van der Waals surface area contributed by atoms with Crippen LogP contribution in [0.5, 0.6) is 0 Å². The zero-order chi connectivity index (χ0) is 19.9. The van der Waals surface area contributed by atoms with Crippen molar-refractivity contribution in [2.24, 2.45) is 0 Å². The predicted molar refractivity (Wildman–Crippen MR) is 113 cm³/mol. The molecular weight excluding hydrogens is 348 g/mol. The molecule has 1 amide bonds. The lowest BCUT2D eigenvalue weighted by Gasteiger charge is -2.11. The van der Waals surface area contributed by atoms with Gasteiger partial charge >= 0.3 is 0 Å². The summed E-state index contributed by atoms with van der Waals surface area (Å²) in [4.78, 5) is 21.3. The molecule has 0 saturated heterocycles. The molecule has 5 heteroatoms. The number of nitrogens with zero attached hydrogens (tertiary/aromatic N) is 2. The van der Waals surface area contributed by atoms with Crippen molar-refractivity contribution in [3.63, 3.8) is 0 Å². The van der Waals surface area contributed by atoms with Crippen LogP contribution in [0.15, 0.2) is 54.6 Å². The van der Waals surface area contributed by atoms with Crippen LogP contribution in [0.3, 0.4) is 0 Å². The molecule has 0 saturated carbocycles. The second kappa shape index (κ2) is 9.13. The summed E-state index contributed by atoms with van der Waals surface area (Å²) < 4.78 is 0. The number of aryl methyl sites for hydroxylation is 4. The van der Waals surface area contributed by atoms with E-state index in [9.17, 15) is 4.79 Å². The summed E-state index contributed by atoms with van der Waals surface area (Å²) in [6, 6.07) is 18.1. The standard InChI is InChI=1S/C23H26N4O/c1-16-11-12-17(2)20(14-16)26-23-25-18(3)15-21(27-23)22(28)24-13-7-10-19-8-5-4-6-9-19/h4-6,8-9,11-12,14-15H,7,10,13H2,1-3H3,(H,24,28)(H,25,26,27). The van der Waals surface area contributed by atoms with E-state index in [4.69, 9.17) is 0 Å². The number of carbonyl (C=O) groups is 1. The molecule has 0 spiro atoms. The van der Waals surface area contributed by atoms with Crippen LogP contribution >= 0.6 is 0 Å². The van der Waals surface area contributed by atoms with Crippen LogP contribution in [0.2, 0.25) is 0 Å². The van der Waals surface area contributed by atoms with Crippen molar-refractivity contribution < 1.29 is 4.79 Å². The first-order chi connectivity index (χ1) is 13.5. The quantitative estimate of drug-likeness (QED) is 0.597. The Balaban J connectivity index is 1.62. The van der Waals surface area contributed by atoms with E-state index in [0.717, 1.165) is 35.3 Å². The SMILES string of the molecule is Cc1ccc(C)c(Nc2nc(C)cc(C(=O)NCCCc3ccccc3)n2)c1. The molecule has 0 radical (unpaired) electrons. The number of benzene rings is 2. The molecule has 2 aromatic carbocycles. The predicted octanol–water partition coefficient (Wildman–Crippen LogP) is 4.51. The number of amides is 1. The van der Waals surface area contributed by atoms with Gasteiger partial charge in [-0.3, -0.25) is 4.79 Å². The summed E-state index contributed by atoms with van der Waals surface area (Å²) in [6.07, 6.45) is 1.82. The van der Waals surface area contributed by atoms with E-state index >= 15 is 0 Å². The number of hydrogen-bond donors (Lipinski definition) is 2. The van der Waals surface area contributed by atoms with Crippen molar-refractivity contribution in [1.82, 2.24) is 15.3 Å². The smallest absolute Gasteiger partial charge is 0.270 e. The monoisotopic (exact) mass is 374 g/mol. The molecule has 0 fully saturated rings. The van der Waals surface area contributed by atoms with Crippen LogP contribution in [0.1, 0.15) is 39.3 Å². The maximum atomic E-state index is 12.5. The van der Waals surface area contributed by atoms with Crippen LogP contribution in [-0.2, 0) is 6.42 Å². The van der Waals surface area contributed by atoms with Gasteiger partial charge in [0.2, 0.25) is 5.95 Å². The molecule has 0 bridgehead atoms. The summed E-state index contributed by atoms with van der Waals surface area (Å²) in [7, 11) is 0. The van der Waals surface area contributed by atoms with Gasteiger partial charge in [0, 0.05) is 17.9 Å². The fourth-order valence-electron chi connectivity index (χ4n) is 2.96. The van der Waals surface area contributed by atoms with Gasteiger partial charge in [-0.1, -0.05) is 42.5 Å². The lowest BCUT2D eigenvalue weighted by Crippen LogP contribution is -2.26. The second-order valence-corrected chi connectivity index (χ2v) is 7.01. The minimum atomic E-state index is -0.178. The Kier molecular flexibility index (Phi) is 6.37. The van der Waals surface area contributed by atoms with Crippen molar-refractivity contribution in [3.05, 3.63) is 82.7 Å². The normalized spacial score (nSPS) is 10.5. The van der Waals surface area contributed by atoms with Gasteiger partial charge in [-0.05, 0) is 62.4 Å². The molecule has 3 aromatic rings. The molecular formula is C23H26N4O. The van der Waals surface area contributed by atoms with E-state index in [-0.39, 0.29) is 5.91 Å². The first-order valence-corrected chi connectivity index (χ1v) is 9.53. The van der Waals surface area contributed by atoms with Crippen molar-refractivity contribution in [2.45, 2.75) is 33.6 Å². The van der Waals surface area contributed by atoms with E-state index in [2.05, 4.69) is 38.8 Å². The highest BCUT2D eigenvalue weighted by Crippen LogP contribution is 2.20. The molecule has 1 heterocycles. The van der Waals surface area contributed by atoms with E-state index in [0.29, 0.717) is 18.2 Å². The highest BCUT2D eigenvalue weighted by atomic mass is 16.1. The summed E-state index contributed by atoms with van der Waals surface area (Å²) in [5.74, 6) is 0.255. The Morgan fingerprint density at radius 3 is 2.54 bits per heavy atom. The number of aromatic nitrogens is 2. The van der Waals surface area contributed by atoms with Gasteiger partial charge in [-0.25, -0.2) is 9.97 Å². The Hall–Kier alpha value is -3.21. The van der Waals surface area contributed by atoms with E-state index < -0.39 is 0 Å². The van der Waals surface area contributed by atoms with E-state index in [1.54, 1.807) is 6.07 Å². The second-order valence-electron chi connectivity index (χ2n) is 7.01. The first kappa shape index (κ1) is 19.5. The Morgan fingerprint density at radius 2 is 1.75 bits per heavy atom. The van der Waals surface area contributed by atoms with Crippen LogP contribution in [0, 0.1) is 20.8 Å². The van der Waals surface area contributed by atoms with Crippen molar-refractivity contribution >= 4 is 17.5 Å². The van der Waals surface area contributed by atoms with Gasteiger partial charge in [0.15, 0.2) is 0 Å². The third kappa shape index (κ3) is 5.39. The molecule has 1 aromatic heterocycles. The minimum absolute atomic E-state index is 0.178. The number of rotatable bonds is 7. The van der Waals surface area contributed by atoms with Gasteiger partial charge < -0.3 is 10.6 Å². The molecule has 0 unspecified atom stereocenters. The molecule has 5 nitrogen and oxygen atoms in total. The summed E-state index contributed by atoms with van der Waals surface area (Å²) >= 11 is 0. The van der Waals surface area contributed by atoms with E-state index in [1.165, 1.54) is 5.56 Å². The Labute approximate surface area is 166 Å². The fourth-order valence-corrected chi connectivity index (χ4v) is 2.96. The van der Waals surface area contributed by atoms with Gasteiger partial charge in [-0.15, -0.1) is 0 Å². The first-order valence-electron chi connectivity index (χ1n) is 9.53. The number of anilines is 2. The highest BCUT2D eigenvalue weighted by Gasteiger charge is 2.11. The topological polar surface area (TPSA) is 66.9 Å². The molecule has 0 aliphatic heterocycles. The van der Waals surface area contributed by atoms with Gasteiger partial charge in [-0.2, -0.15) is 0 Å². The van der Waals surface area contributed by atoms with Crippen LogP contribution in [0.25, 0.3) is 0 Å². The maximum Gasteiger partial charge on any atom is 0.270 e. The molecule has 2 N–H and O–H groups in total. The Bertz CT molecular complexity index is 954. The average Bonchev–Trinajstić information content (AvgIpc) is 2.68. The van der Waals surface area contributed by atoms with Gasteiger partial charge in [0.25, 0.3) is 5.91 Å². The molecule has 3 rings (SSSR count). The molecule has 28 heavy (non-hydrogen) atoms. The summed E-state index contributed by atoms with van der Waals surface area (Å²) in [5, 5.41) is 6.19. The van der Waals surface area contributed by atoms with E-state index in [1.807, 2.05) is 51.1 Å². The summed E-state index contributed by atoms with van der Waals surface area (Å²) in [6.45, 7) is 6.53. The Morgan fingerprint density at radius 1 is 0.964 bits per heavy atom. The zero-order valence-corrected chi connectivity index (χ0v) is 16.6. The third-order valence-electron chi connectivity index (χ3n) is 4.50. The highest BCUT2D eigenvalue weighted by molar-refractivity contribution is 5.92. The van der Waals surface area contributed by atoms with Crippen molar-refractivity contribution in [1.29, 1.82) is 0 Å². The number of nitrogens with one attached hydrogen (secondary N) is 2. The van der Waals surface area contributed by atoms with Gasteiger partial charge in [0.1, 0.15) is 5.69 Å². The van der Waals surface area contributed by atoms with Gasteiger partial charge in [0.05, 0.1) is 0 Å². The average molecular weight is 374 g/mol. The van der Waals surface area contributed by atoms with Crippen LogP contribution < -0.4 is 10.6 Å². The van der Waals surface area contributed by atoms with Crippen LogP contribution in [-0.4, -0.2) is 22.4 Å². The van der Waals surface area contributed by atoms with Crippen LogP contribution in [0.4, 0.5) is 11.6 Å². The van der Waals surface area contributed by atoms with Crippen molar-refractivity contribution in [3.8, 4) is 0 Å². The molecule has 0 aliphatic carbocycles. The lowest BCUT2D eigenvalue weighted by molar-refractivity contribution is 0.0948. The largest absolute Gasteiger partial charge is 0.351 e. The lowest BCUT2D eigenvalue weighted by atomic mass is 10.1. The third-order valence-corrected chi connectivity index (χ3v) is 4.50. The maximum absolute atomic E-state index is 12.5. The number of carbonyl (C=O) groups excluding carboxylic acids is 1. The minimum Gasteiger partial charge on any atom is -0.351 e. The zero-order valence-electron chi connectivity index (χ0n) is 16.6. The molecule has 144 valence electrons.